The zero-order chi connectivity index (χ0) is 14.5. The largest absolute Gasteiger partial charge is 0.463 e. The third-order valence-electron chi connectivity index (χ3n) is 2.24. The molecule has 0 aliphatic heterocycles. The summed E-state index contributed by atoms with van der Waals surface area (Å²) in [6, 6.07) is 0.112. The molecule has 10 nitrogen and oxygen atoms in total. The molecule has 2 aromatic heterocycles. The van der Waals surface area contributed by atoms with Gasteiger partial charge >= 0.3 is 6.01 Å². The molecular formula is C10H14N8O2. The van der Waals surface area contributed by atoms with E-state index in [0.717, 1.165) is 6.42 Å². The van der Waals surface area contributed by atoms with E-state index in [2.05, 4.69) is 25.5 Å². The number of nitrogen functional groups attached to an aromatic ring is 1. The Hall–Kier alpha value is -2.75. The Labute approximate surface area is 114 Å². The summed E-state index contributed by atoms with van der Waals surface area (Å²) in [5.41, 5.74) is 7.70. The van der Waals surface area contributed by atoms with Crippen molar-refractivity contribution in [3.8, 4) is 12.0 Å². The number of hydrazine groups is 1. The highest BCUT2D eigenvalue weighted by atomic mass is 16.5. The van der Waals surface area contributed by atoms with Crippen molar-refractivity contribution in [2.75, 3.05) is 12.0 Å². The number of amides is 1. The fourth-order valence-electron chi connectivity index (χ4n) is 1.33. The van der Waals surface area contributed by atoms with Crippen LogP contribution in [0.25, 0.3) is 5.95 Å². The maximum Gasteiger partial charge on any atom is 0.323 e. The maximum absolute atomic E-state index is 11.0. The molecule has 10 heteroatoms. The normalized spacial score (nSPS) is 10.3. The monoisotopic (exact) mass is 278 g/mol. The van der Waals surface area contributed by atoms with Gasteiger partial charge in [-0.25, -0.2) is 10.5 Å². The standard InChI is InChI=1S/C10H14N8O2/c1-2-3-20-10-15-8(17-12)14-9(16-10)18-5-6(4-13-18)7(11)19/h4-5H,2-3,12H2,1H3,(H2,11,19)(H,14,15,16,17). The molecule has 0 saturated heterocycles. The lowest BCUT2D eigenvalue weighted by atomic mass is 10.4. The van der Waals surface area contributed by atoms with E-state index >= 15 is 0 Å². The number of anilines is 1. The second-order valence-electron chi connectivity index (χ2n) is 3.77. The molecule has 0 fully saturated rings. The molecule has 0 unspecified atom stereocenters. The number of rotatable bonds is 6. The predicted molar refractivity (Wildman–Crippen MR) is 69.1 cm³/mol. The van der Waals surface area contributed by atoms with Gasteiger partial charge in [-0.2, -0.15) is 20.1 Å². The van der Waals surface area contributed by atoms with Crippen molar-refractivity contribution in [1.82, 2.24) is 24.7 Å². The van der Waals surface area contributed by atoms with Gasteiger partial charge in [0.15, 0.2) is 0 Å². The first kappa shape index (κ1) is 13.7. The molecule has 0 bridgehead atoms. The zero-order valence-corrected chi connectivity index (χ0v) is 10.8. The maximum atomic E-state index is 11.0. The minimum atomic E-state index is -0.593. The molecule has 0 saturated carbocycles. The van der Waals surface area contributed by atoms with Crippen molar-refractivity contribution in [3.63, 3.8) is 0 Å². The summed E-state index contributed by atoms with van der Waals surface area (Å²) in [7, 11) is 0. The van der Waals surface area contributed by atoms with Crippen LogP contribution < -0.4 is 21.7 Å². The lowest BCUT2D eigenvalue weighted by Crippen LogP contribution is -2.15. The second-order valence-corrected chi connectivity index (χ2v) is 3.77. The van der Waals surface area contributed by atoms with E-state index in [0.29, 0.717) is 6.61 Å². The lowest BCUT2D eigenvalue weighted by molar-refractivity contribution is 0.100. The van der Waals surface area contributed by atoms with Gasteiger partial charge in [0, 0.05) is 6.20 Å². The number of nitrogens with zero attached hydrogens (tertiary/aromatic N) is 5. The van der Waals surface area contributed by atoms with E-state index in [4.69, 9.17) is 16.3 Å². The summed E-state index contributed by atoms with van der Waals surface area (Å²) in [5, 5.41) is 3.94. The average molecular weight is 278 g/mol. The van der Waals surface area contributed by atoms with Crippen LogP contribution in [-0.2, 0) is 0 Å². The first-order valence-electron chi connectivity index (χ1n) is 5.84. The molecule has 0 spiro atoms. The summed E-state index contributed by atoms with van der Waals surface area (Å²) in [6.45, 7) is 2.41. The van der Waals surface area contributed by atoms with Crippen molar-refractivity contribution < 1.29 is 9.53 Å². The van der Waals surface area contributed by atoms with Crippen LogP contribution in [0.3, 0.4) is 0 Å². The van der Waals surface area contributed by atoms with Crippen LogP contribution in [0.5, 0.6) is 6.01 Å². The number of hydrogen-bond acceptors (Lipinski definition) is 8. The van der Waals surface area contributed by atoms with Crippen LogP contribution in [0.2, 0.25) is 0 Å². The summed E-state index contributed by atoms with van der Waals surface area (Å²) >= 11 is 0. The van der Waals surface area contributed by atoms with Crippen molar-refractivity contribution in [3.05, 3.63) is 18.0 Å². The van der Waals surface area contributed by atoms with E-state index in [1.54, 1.807) is 0 Å². The van der Waals surface area contributed by atoms with Gasteiger partial charge < -0.3 is 10.5 Å². The minimum Gasteiger partial charge on any atom is -0.463 e. The lowest BCUT2D eigenvalue weighted by Gasteiger charge is -2.06. The van der Waals surface area contributed by atoms with Gasteiger partial charge in [-0.1, -0.05) is 6.92 Å². The van der Waals surface area contributed by atoms with E-state index in [1.165, 1.54) is 17.1 Å². The third kappa shape index (κ3) is 2.98. The quantitative estimate of drug-likeness (QED) is 0.461. The first-order valence-corrected chi connectivity index (χ1v) is 5.84. The fraction of sp³-hybridized carbons (Fsp3) is 0.300. The van der Waals surface area contributed by atoms with E-state index in [9.17, 15) is 4.79 Å². The van der Waals surface area contributed by atoms with Gasteiger partial charge in [-0.15, -0.1) is 0 Å². The zero-order valence-electron chi connectivity index (χ0n) is 10.8. The SMILES string of the molecule is CCCOc1nc(NN)nc(-n2cc(C(N)=O)cn2)n1. The molecule has 106 valence electrons. The second kappa shape index (κ2) is 5.93. The number of carbonyl (C=O) groups is 1. The van der Waals surface area contributed by atoms with Crippen LogP contribution in [0, 0.1) is 0 Å². The molecular weight excluding hydrogens is 264 g/mol. The number of hydrogen-bond donors (Lipinski definition) is 3. The number of nitrogens with one attached hydrogen (secondary N) is 1. The highest BCUT2D eigenvalue weighted by Gasteiger charge is 2.11. The minimum absolute atomic E-state index is 0.112. The number of aromatic nitrogens is 5. The van der Waals surface area contributed by atoms with Crippen LogP contribution in [-0.4, -0.2) is 37.2 Å². The Morgan fingerprint density at radius 2 is 2.25 bits per heavy atom. The van der Waals surface area contributed by atoms with Crippen LogP contribution in [0.15, 0.2) is 12.4 Å². The van der Waals surface area contributed by atoms with Gasteiger partial charge in [-0.3, -0.25) is 10.2 Å². The number of nitrogens with two attached hydrogens (primary N) is 2. The van der Waals surface area contributed by atoms with Gasteiger partial charge in [0.05, 0.1) is 18.4 Å². The number of primary amides is 1. The molecule has 0 radical (unpaired) electrons. The molecule has 0 aliphatic rings. The molecule has 20 heavy (non-hydrogen) atoms. The molecule has 2 aromatic rings. The van der Waals surface area contributed by atoms with Gasteiger partial charge in [0.25, 0.3) is 11.9 Å². The van der Waals surface area contributed by atoms with Crippen LogP contribution >= 0.6 is 0 Å². The fourth-order valence-corrected chi connectivity index (χ4v) is 1.33. The molecule has 1 amide bonds. The third-order valence-corrected chi connectivity index (χ3v) is 2.24. The first-order chi connectivity index (χ1) is 9.63. The van der Waals surface area contributed by atoms with E-state index in [-0.39, 0.29) is 23.5 Å². The summed E-state index contributed by atoms with van der Waals surface area (Å²) in [6.07, 6.45) is 3.52. The Morgan fingerprint density at radius 3 is 2.85 bits per heavy atom. The van der Waals surface area contributed by atoms with Crippen molar-refractivity contribution in [2.45, 2.75) is 13.3 Å². The highest BCUT2D eigenvalue weighted by Crippen LogP contribution is 2.11. The Bertz CT molecular complexity index is 611. The van der Waals surface area contributed by atoms with Crippen molar-refractivity contribution >= 4 is 11.9 Å². The van der Waals surface area contributed by atoms with Gasteiger partial charge in [-0.05, 0) is 6.42 Å². The number of ether oxygens (including phenoxy) is 1. The average Bonchev–Trinajstić information content (AvgIpc) is 2.94. The summed E-state index contributed by atoms with van der Waals surface area (Å²) in [5.74, 6) is 4.97. The van der Waals surface area contributed by atoms with Crippen LogP contribution in [0.1, 0.15) is 23.7 Å². The smallest absolute Gasteiger partial charge is 0.323 e. The van der Waals surface area contributed by atoms with Gasteiger partial charge in [0.2, 0.25) is 5.95 Å². The van der Waals surface area contributed by atoms with Gasteiger partial charge in [0.1, 0.15) is 0 Å². The molecule has 0 atom stereocenters. The van der Waals surface area contributed by atoms with Crippen molar-refractivity contribution in [2.24, 2.45) is 11.6 Å². The Morgan fingerprint density at radius 1 is 1.45 bits per heavy atom. The van der Waals surface area contributed by atoms with E-state index < -0.39 is 5.91 Å². The predicted octanol–water partition coefficient (Wildman–Crippen LogP) is -0.769. The molecule has 2 heterocycles. The van der Waals surface area contributed by atoms with Crippen LogP contribution in [0.4, 0.5) is 5.95 Å². The van der Waals surface area contributed by atoms with Crippen molar-refractivity contribution in [1.29, 1.82) is 0 Å². The Balaban J connectivity index is 2.35. The summed E-state index contributed by atoms with van der Waals surface area (Å²) in [4.78, 5) is 23.1. The van der Waals surface area contributed by atoms with E-state index in [1.807, 2.05) is 6.92 Å². The number of carbonyl (C=O) groups excluding carboxylic acids is 1. The molecule has 5 N–H and O–H groups in total. The highest BCUT2D eigenvalue weighted by molar-refractivity contribution is 5.92. The molecule has 2 rings (SSSR count). The molecule has 0 aliphatic carbocycles. The topological polar surface area (TPSA) is 147 Å². The molecule has 0 aromatic carbocycles. The summed E-state index contributed by atoms with van der Waals surface area (Å²) < 4.78 is 6.60. The Kier molecular flexibility index (Phi) is 4.05.